The predicted octanol–water partition coefficient (Wildman–Crippen LogP) is 0.380. The molecular formula is C14H16N2O5. The first kappa shape index (κ1) is 14.8. The van der Waals surface area contributed by atoms with Crippen LogP contribution in [0.4, 0.5) is 4.79 Å². The second kappa shape index (κ2) is 6.25. The molecule has 1 heterocycles. The number of hydrogen-bond acceptors (Lipinski definition) is 4. The van der Waals surface area contributed by atoms with Gasteiger partial charge in [0, 0.05) is 13.0 Å². The number of hydrogen-bond donors (Lipinski definition) is 2. The molecule has 1 aliphatic heterocycles. The maximum atomic E-state index is 12.1. The van der Waals surface area contributed by atoms with Crippen molar-refractivity contribution in [1.29, 1.82) is 0 Å². The average Bonchev–Trinajstić information content (AvgIpc) is 2.50. The van der Waals surface area contributed by atoms with Crippen molar-refractivity contribution >= 4 is 18.0 Å². The Hall–Kier alpha value is -2.57. The lowest BCUT2D eigenvalue weighted by molar-refractivity contribution is -0.142. The third-order valence-electron chi connectivity index (χ3n) is 3.41. The highest BCUT2D eigenvalue weighted by molar-refractivity contribution is 5.85. The van der Waals surface area contributed by atoms with Gasteiger partial charge in [0.2, 0.25) is 0 Å². The van der Waals surface area contributed by atoms with Crippen LogP contribution in [0.25, 0.3) is 0 Å². The standard InChI is InChI=1S/C14H16N2O5/c1-21-12(17)7-15-14(20)16-8-10-5-3-2-4-9(10)6-11(16)13(18)19/h2-5,11H,6-8H2,1H3,(H,15,20)(H,18,19). The van der Waals surface area contributed by atoms with Gasteiger partial charge in [0.05, 0.1) is 7.11 Å². The van der Waals surface area contributed by atoms with Crippen LogP contribution in [-0.4, -0.2) is 47.7 Å². The number of carbonyl (C=O) groups excluding carboxylic acids is 2. The fraction of sp³-hybridized carbons (Fsp3) is 0.357. The Morgan fingerprint density at radius 2 is 2.00 bits per heavy atom. The lowest BCUT2D eigenvalue weighted by Gasteiger charge is -2.34. The lowest BCUT2D eigenvalue weighted by atomic mass is 9.94. The molecule has 2 amide bonds. The van der Waals surface area contributed by atoms with E-state index in [1.165, 1.54) is 12.0 Å². The van der Waals surface area contributed by atoms with Crippen molar-refractivity contribution in [1.82, 2.24) is 10.2 Å². The topological polar surface area (TPSA) is 95.9 Å². The van der Waals surface area contributed by atoms with Gasteiger partial charge >= 0.3 is 18.0 Å². The van der Waals surface area contributed by atoms with Gasteiger partial charge in [-0.25, -0.2) is 9.59 Å². The monoisotopic (exact) mass is 292 g/mol. The summed E-state index contributed by atoms with van der Waals surface area (Å²) < 4.78 is 4.43. The normalized spacial score (nSPS) is 16.8. The molecule has 0 radical (unpaired) electrons. The number of nitrogens with zero attached hydrogens (tertiary/aromatic N) is 1. The molecule has 1 aliphatic rings. The van der Waals surface area contributed by atoms with Crippen molar-refractivity contribution < 1.29 is 24.2 Å². The Kier molecular flexibility index (Phi) is 4.42. The molecule has 0 aliphatic carbocycles. The Balaban J connectivity index is 2.14. The van der Waals surface area contributed by atoms with Gasteiger partial charge in [-0.1, -0.05) is 24.3 Å². The molecule has 1 atom stereocenters. The largest absolute Gasteiger partial charge is 0.480 e. The van der Waals surface area contributed by atoms with Crippen LogP contribution in [-0.2, 0) is 27.3 Å². The predicted molar refractivity (Wildman–Crippen MR) is 72.5 cm³/mol. The summed E-state index contributed by atoms with van der Waals surface area (Å²) in [5, 5.41) is 11.7. The fourth-order valence-corrected chi connectivity index (χ4v) is 2.28. The number of fused-ring (bicyclic) bond motifs is 1. The molecule has 1 aromatic carbocycles. The summed E-state index contributed by atoms with van der Waals surface area (Å²) in [5.74, 6) is -1.66. The Morgan fingerprint density at radius 3 is 2.62 bits per heavy atom. The number of nitrogens with one attached hydrogen (secondary N) is 1. The summed E-state index contributed by atoms with van der Waals surface area (Å²) in [4.78, 5) is 35.7. The van der Waals surface area contributed by atoms with Crippen molar-refractivity contribution in [2.45, 2.75) is 19.0 Å². The molecule has 0 aromatic heterocycles. The molecule has 112 valence electrons. The van der Waals surface area contributed by atoms with E-state index in [4.69, 9.17) is 0 Å². The highest BCUT2D eigenvalue weighted by Crippen LogP contribution is 2.23. The van der Waals surface area contributed by atoms with Crippen molar-refractivity contribution in [3.8, 4) is 0 Å². The molecule has 0 spiro atoms. The summed E-state index contributed by atoms with van der Waals surface area (Å²) in [5.41, 5.74) is 1.82. The smallest absolute Gasteiger partial charge is 0.326 e. The van der Waals surface area contributed by atoms with Gasteiger partial charge in [0.15, 0.2) is 0 Å². The molecule has 7 heteroatoms. The van der Waals surface area contributed by atoms with E-state index < -0.39 is 24.0 Å². The van der Waals surface area contributed by atoms with Crippen LogP contribution >= 0.6 is 0 Å². The number of methoxy groups -OCH3 is 1. The van der Waals surface area contributed by atoms with Crippen LogP contribution in [0, 0.1) is 0 Å². The van der Waals surface area contributed by atoms with Gasteiger partial charge < -0.3 is 20.1 Å². The SMILES string of the molecule is COC(=O)CNC(=O)N1Cc2ccccc2CC1C(=O)O. The lowest BCUT2D eigenvalue weighted by Crippen LogP contribution is -2.53. The molecule has 2 rings (SSSR count). The Morgan fingerprint density at radius 1 is 1.33 bits per heavy atom. The van der Waals surface area contributed by atoms with Crippen molar-refractivity contribution in [3.05, 3.63) is 35.4 Å². The number of urea groups is 1. The summed E-state index contributed by atoms with van der Waals surface area (Å²) >= 11 is 0. The van der Waals surface area contributed by atoms with Crippen LogP contribution in [0.5, 0.6) is 0 Å². The number of benzene rings is 1. The third kappa shape index (κ3) is 3.31. The van der Waals surface area contributed by atoms with Crippen molar-refractivity contribution in [3.63, 3.8) is 0 Å². The van der Waals surface area contributed by atoms with Crippen molar-refractivity contribution in [2.75, 3.05) is 13.7 Å². The van der Waals surface area contributed by atoms with Gasteiger partial charge in [0.25, 0.3) is 0 Å². The highest BCUT2D eigenvalue weighted by Gasteiger charge is 2.34. The van der Waals surface area contributed by atoms with Crippen LogP contribution in [0.3, 0.4) is 0 Å². The van der Waals surface area contributed by atoms with E-state index in [0.717, 1.165) is 11.1 Å². The van der Waals surface area contributed by atoms with E-state index in [0.29, 0.717) is 0 Å². The van der Waals surface area contributed by atoms with E-state index in [1.54, 1.807) is 0 Å². The number of ether oxygens (including phenoxy) is 1. The van der Waals surface area contributed by atoms with Gasteiger partial charge in [0.1, 0.15) is 12.6 Å². The minimum absolute atomic E-state index is 0.195. The van der Waals surface area contributed by atoms with E-state index >= 15 is 0 Å². The van der Waals surface area contributed by atoms with Crippen LogP contribution in [0.15, 0.2) is 24.3 Å². The van der Waals surface area contributed by atoms with Gasteiger partial charge in [-0.2, -0.15) is 0 Å². The van der Waals surface area contributed by atoms with Crippen LogP contribution in [0.1, 0.15) is 11.1 Å². The Labute approximate surface area is 121 Å². The molecule has 21 heavy (non-hydrogen) atoms. The first-order valence-electron chi connectivity index (χ1n) is 6.43. The van der Waals surface area contributed by atoms with E-state index in [-0.39, 0.29) is 19.5 Å². The van der Waals surface area contributed by atoms with Crippen molar-refractivity contribution in [2.24, 2.45) is 0 Å². The molecular weight excluding hydrogens is 276 g/mol. The van der Waals surface area contributed by atoms with E-state index in [9.17, 15) is 19.5 Å². The Bertz CT molecular complexity index is 572. The minimum atomic E-state index is -1.07. The zero-order valence-electron chi connectivity index (χ0n) is 11.5. The maximum absolute atomic E-state index is 12.1. The molecule has 7 nitrogen and oxygen atoms in total. The first-order chi connectivity index (χ1) is 10.0. The van der Waals surface area contributed by atoms with Gasteiger partial charge in [-0.15, -0.1) is 0 Å². The fourth-order valence-electron chi connectivity index (χ4n) is 2.28. The zero-order chi connectivity index (χ0) is 15.4. The third-order valence-corrected chi connectivity index (χ3v) is 3.41. The van der Waals surface area contributed by atoms with E-state index in [2.05, 4.69) is 10.1 Å². The van der Waals surface area contributed by atoms with Gasteiger partial charge in [-0.05, 0) is 11.1 Å². The summed E-state index contributed by atoms with van der Waals surface area (Å²) in [6.07, 6.45) is 0.247. The second-order valence-electron chi connectivity index (χ2n) is 4.69. The molecule has 2 N–H and O–H groups in total. The number of amides is 2. The molecule has 0 bridgehead atoms. The summed E-state index contributed by atoms with van der Waals surface area (Å²) in [7, 11) is 1.21. The summed E-state index contributed by atoms with van der Waals surface area (Å²) in [6, 6.07) is 5.85. The number of carbonyl (C=O) groups is 3. The minimum Gasteiger partial charge on any atom is -0.480 e. The number of aliphatic carboxylic acids is 1. The molecule has 0 saturated carbocycles. The molecule has 1 unspecified atom stereocenters. The highest BCUT2D eigenvalue weighted by atomic mass is 16.5. The zero-order valence-corrected chi connectivity index (χ0v) is 11.5. The van der Waals surface area contributed by atoms with Gasteiger partial charge in [-0.3, -0.25) is 4.79 Å². The van der Waals surface area contributed by atoms with Crippen LogP contribution in [0.2, 0.25) is 0 Å². The first-order valence-corrected chi connectivity index (χ1v) is 6.43. The number of carboxylic acids is 1. The average molecular weight is 292 g/mol. The molecule has 1 aromatic rings. The van der Waals surface area contributed by atoms with E-state index in [1.807, 2.05) is 24.3 Å². The quantitative estimate of drug-likeness (QED) is 0.785. The summed E-state index contributed by atoms with van der Waals surface area (Å²) in [6.45, 7) is -0.0973. The number of carboxylic acid groups (broad SMARTS) is 1. The number of rotatable bonds is 3. The molecule has 0 saturated heterocycles. The second-order valence-corrected chi connectivity index (χ2v) is 4.69. The maximum Gasteiger partial charge on any atom is 0.326 e. The molecule has 0 fully saturated rings. The van der Waals surface area contributed by atoms with Crippen LogP contribution < -0.4 is 5.32 Å². The number of esters is 1.